The number of halogens is 6. The maximum Gasteiger partial charge on any atom is 0.427 e. The first-order valence-electron chi connectivity index (χ1n) is 9.32. The van der Waals surface area contributed by atoms with Crippen LogP contribution in [0, 0.1) is 0 Å². The van der Waals surface area contributed by atoms with Crippen LogP contribution >= 0.6 is 0 Å². The molecule has 1 unspecified atom stereocenters. The van der Waals surface area contributed by atoms with Crippen molar-refractivity contribution in [3.05, 3.63) is 18.0 Å². The molecule has 13 heteroatoms. The van der Waals surface area contributed by atoms with Crippen LogP contribution in [0.2, 0.25) is 0 Å². The van der Waals surface area contributed by atoms with E-state index in [4.69, 9.17) is 9.84 Å². The minimum absolute atomic E-state index is 0.111. The number of amides is 1. The van der Waals surface area contributed by atoms with Gasteiger partial charge in [-0.2, -0.15) is 31.4 Å². The van der Waals surface area contributed by atoms with Crippen LogP contribution in [0.15, 0.2) is 12.4 Å². The van der Waals surface area contributed by atoms with Gasteiger partial charge in [0.2, 0.25) is 6.10 Å². The van der Waals surface area contributed by atoms with Crippen LogP contribution in [0.25, 0.3) is 0 Å². The number of aliphatic hydroxyl groups excluding tert-OH is 1. The Morgan fingerprint density at radius 3 is 2.40 bits per heavy atom. The van der Waals surface area contributed by atoms with Gasteiger partial charge in [0.05, 0.1) is 36.6 Å². The Morgan fingerprint density at radius 1 is 1.27 bits per heavy atom. The Kier molecular flexibility index (Phi) is 6.23. The molecule has 3 heterocycles. The summed E-state index contributed by atoms with van der Waals surface area (Å²) < 4.78 is 87.5. The van der Waals surface area contributed by atoms with Crippen molar-refractivity contribution in [2.24, 2.45) is 0 Å². The molecule has 0 saturated carbocycles. The summed E-state index contributed by atoms with van der Waals surface area (Å²) in [5.41, 5.74) is -1.43. The van der Waals surface area contributed by atoms with E-state index in [-0.39, 0.29) is 25.7 Å². The number of aliphatic hydroxyl groups is 1. The second-order valence-corrected chi connectivity index (χ2v) is 7.48. The molecule has 170 valence electrons. The number of nitrogens with zero attached hydrogens (tertiary/aromatic N) is 3. The fraction of sp³-hybridized carbons (Fsp3) is 0.765. The fourth-order valence-corrected chi connectivity index (χ4v) is 3.65. The number of carbonyl (C=O) groups excluding carboxylic acids is 1. The van der Waals surface area contributed by atoms with Gasteiger partial charge >= 0.3 is 18.4 Å². The van der Waals surface area contributed by atoms with E-state index in [1.54, 1.807) is 0 Å². The van der Waals surface area contributed by atoms with Crippen molar-refractivity contribution >= 4 is 6.09 Å². The van der Waals surface area contributed by atoms with Crippen LogP contribution in [0.3, 0.4) is 0 Å². The third kappa shape index (κ3) is 4.99. The zero-order valence-electron chi connectivity index (χ0n) is 15.7. The Hall–Kier alpha value is -2.02. The van der Waals surface area contributed by atoms with Gasteiger partial charge in [-0.25, -0.2) is 4.79 Å². The molecular weight excluding hydrogens is 424 g/mol. The van der Waals surface area contributed by atoms with Crippen LogP contribution in [-0.4, -0.2) is 70.1 Å². The zero-order chi connectivity index (χ0) is 22.2. The number of likely N-dealkylation sites (tertiary alicyclic amines) is 1. The van der Waals surface area contributed by atoms with Crippen LogP contribution in [0.1, 0.15) is 37.3 Å². The molecular formula is C17H21F6N3O4. The van der Waals surface area contributed by atoms with Gasteiger partial charge in [-0.3, -0.25) is 4.68 Å². The van der Waals surface area contributed by atoms with Crippen molar-refractivity contribution < 1.29 is 45.7 Å². The Bertz CT molecular complexity index is 733. The molecule has 0 bridgehead atoms. The highest BCUT2D eigenvalue weighted by Crippen LogP contribution is 2.39. The van der Waals surface area contributed by atoms with Gasteiger partial charge < -0.3 is 19.5 Å². The maximum atomic E-state index is 12.7. The third-order valence-electron chi connectivity index (χ3n) is 5.52. The molecule has 1 N–H and O–H groups in total. The third-order valence-corrected chi connectivity index (χ3v) is 5.52. The lowest BCUT2D eigenvalue weighted by Crippen LogP contribution is -2.51. The van der Waals surface area contributed by atoms with Crippen molar-refractivity contribution in [1.29, 1.82) is 0 Å². The van der Waals surface area contributed by atoms with Crippen LogP contribution in [0.5, 0.6) is 0 Å². The average Bonchev–Trinajstić information content (AvgIpc) is 3.17. The molecule has 1 aromatic heterocycles. The molecule has 0 aromatic carbocycles. The van der Waals surface area contributed by atoms with E-state index in [9.17, 15) is 31.1 Å². The number of hydrogen-bond donors (Lipinski definition) is 1. The molecule has 0 radical (unpaired) electrons. The predicted octanol–water partition coefficient (Wildman–Crippen LogP) is 3.15. The minimum Gasteiger partial charge on any atom is -0.434 e. The smallest absolute Gasteiger partial charge is 0.427 e. The Morgan fingerprint density at radius 2 is 1.93 bits per heavy atom. The predicted molar refractivity (Wildman–Crippen MR) is 88.4 cm³/mol. The van der Waals surface area contributed by atoms with Gasteiger partial charge in [-0.05, 0) is 25.7 Å². The molecule has 1 amide bonds. The lowest BCUT2D eigenvalue weighted by atomic mass is 9.83. The van der Waals surface area contributed by atoms with Gasteiger partial charge in [0.15, 0.2) is 0 Å². The van der Waals surface area contributed by atoms with Crippen molar-refractivity contribution in [2.75, 3.05) is 26.3 Å². The average molecular weight is 445 g/mol. The van der Waals surface area contributed by atoms with Crippen molar-refractivity contribution in [2.45, 2.75) is 55.8 Å². The molecule has 2 aliphatic heterocycles. The Balaban J connectivity index is 1.51. The zero-order valence-corrected chi connectivity index (χ0v) is 15.7. The first kappa shape index (κ1) is 22.7. The summed E-state index contributed by atoms with van der Waals surface area (Å²) in [5.74, 6) is 0. The van der Waals surface area contributed by atoms with E-state index in [1.165, 1.54) is 4.68 Å². The second-order valence-electron chi connectivity index (χ2n) is 7.48. The van der Waals surface area contributed by atoms with Gasteiger partial charge in [0, 0.05) is 19.3 Å². The topological polar surface area (TPSA) is 76.8 Å². The summed E-state index contributed by atoms with van der Waals surface area (Å²) in [6.07, 6.45) is -9.63. The molecule has 0 aliphatic carbocycles. The summed E-state index contributed by atoms with van der Waals surface area (Å²) in [7, 11) is 0. The Labute approximate surface area is 167 Å². The fourth-order valence-electron chi connectivity index (χ4n) is 3.65. The van der Waals surface area contributed by atoms with Crippen molar-refractivity contribution in [3.8, 4) is 0 Å². The molecule has 2 saturated heterocycles. The van der Waals surface area contributed by atoms with Crippen LogP contribution in [-0.2, 0) is 15.7 Å². The lowest BCUT2D eigenvalue weighted by Gasteiger charge is -2.45. The number of carbonyl (C=O) groups is 1. The van der Waals surface area contributed by atoms with E-state index < -0.39 is 42.3 Å². The molecule has 1 spiro atoms. The highest BCUT2D eigenvalue weighted by molar-refractivity contribution is 5.68. The van der Waals surface area contributed by atoms with E-state index in [0.717, 1.165) is 17.3 Å². The highest BCUT2D eigenvalue weighted by atomic mass is 19.4. The van der Waals surface area contributed by atoms with Gasteiger partial charge in [0.25, 0.3) is 0 Å². The molecule has 1 aromatic rings. The highest BCUT2D eigenvalue weighted by Gasteiger charge is 2.45. The van der Waals surface area contributed by atoms with E-state index in [2.05, 4.69) is 9.84 Å². The van der Waals surface area contributed by atoms with Gasteiger partial charge in [-0.15, -0.1) is 0 Å². The van der Waals surface area contributed by atoms with Crippen LogP contribution < -0.4 is 0 Å². The summed E-state index contributed by atoms with van der Waals surface area (Å²) in [4.78, 5) is 13.1. The molecule has 2 aliphatic rings. The minimum atomic E-state index is -4.86. The number of aromatic nitrogens is 2. The lowest BCUT2D eigenvalue weighted by molar-refractivity contribution is -0.215. The molecule has 30 heavy (non-hydrogen) atoms. The first-order valence-corrected chi connectivity index (χ1v) is 9.32. The monoisotopic (exact) mass is 445 g/mol. The number of rotatable bonds is 3. The second kappa shape index (κ2) is 8.25. The van der Waals surface area contributed by atoms with E-state index in [0.29, 0.717) is 25.7 Å². The molecule has 3 rings (SSSR count). The van der Waals surface area contributed by atoms with Gasteiger partial charge in [-0.1, -0.05) is 0 Å². The van der Waals surface area contributed by atoms with Crippen molar-refractivity contribution in [3.63, 3.8) is 0 Å². The van der Waals surface area contributed by atoms with E-state index >= 15 is 0 Å². The number of piperidine rings is 1. The van der Waals surface area contributed by atoms with Gasteiger partial charge in [0.1, 0.15) is 0 Å². The number of alkyl halides is 6. The largest absolute Gasteiger partial charge is 0.434 e. The van der Waals surface area contributed by atoms with Crippen LogP contribution in [0.4, 0.5) is 31.1 Å². The van der Waals surface area contributed by atoms with Crippen molar-refractivity contribution in [1.82, 2.24) is 14.7 Å². The molecule has 2 fully saturated rings. The quantitative estimate of drug-likeness (QED) is 0.724. The summed E-state index contributed by atoms with van der Waals surface area (Å²) >= 11 is 0. The first-order chi connectivity index (χ1) is 13.9. The standard InChI is InChI=1S/C17H21F6N3O4/c18-16(19,20)11-7-24-26(8-11)12-1-2-15(29-10-12)3-5-25(6-4-15)14(28)30-13(9-27)17(21,22)23/h7-8,12-13,27H,1-6,9-10H2/t12?,13-/m1/s1. The van der Waals surface area contributed by atoms with E-state index in [1.807, 2.05) is 0 Å². The summed E-state index contributed by atoms with van der Waals surface area (Å²) in [6.45, 7) is -0.996. The summed E-state index contributed by atoms with van der Waals surface area (Å²) in [6, 6.07) is -0.355. The number of ether oxygens (including phenoxy) is 2. The molecule has 2 atom stereocenters. The maximum absolute atomic E-state index is 12.7. The molecule has 7 nitrogen and oxygen atoms in total. The number of hydrogen-bond acceptors (Lipinski definition) is 5. The normalized spacial score (nSPS) is 23.4. The SMILES string of the molecule is O=C(O[C@H](CO)C(F)(F)F)N1CCC2(CCC(n3cc(C(F)(F)F)cn3)CO2)CC1. The summed E-state index contributed by atoms with van der Waals surface area (Å²) in [5, 5.41) is 12.5.